The lowest BCUT2D eigenvalue weighted by molar-refractivity contribution is -0.385. The number of benzene rings is 2. The van der Waals surface area contributed by atoms with Crippen LogP contribution in [-0.4, -0.2) is 22.3 Å². The SMILES string of the molecule is CSc1cc(C(Sc2ccc([N+](=O)[O-])cc2C(F)(F)F)C(=O)O)cc(C(F)(F)F)c1. The molecule has 1 N–H and O–H groups in total. The Morgan fingerprint density at radius 2 is 1.70 bits per heavy atom. The van der Waals surface area contributed by atoms with Crippen molar-refractivity contribution < 1.29 is 41.2 Å². The molecule has 0 fully saturated rings. The van der Waals surface area contributed by atoms with Crippen molar-refractivity contribution in [2.75, 3.05) is 6.26 Å². The van der Waals surface area contributed by atoms with E-state index >= 15 is 0 Å². The van der Waals surface area contributed by atoms with E-state index in [4.69, 9.17) is 0 Å². The third kappa shape index (κ3) is 5.59. The van der Waals surface area contributed by atoms with E-state index in [0.717, 1.165) is 36.0 Å². The van der Waals surface area contributed by atoms with Crippen LogP contribution in [-0.2, 0) is 17.1 Å². The zero-order chi connectivity index (χ0) is 22.9. The number of nitro groups is 1. The Balaban J connectivity index is 2.59. The lowest BCUT2D eigenvalue weighted by atomic mass is 10.1. The standard InChI is InChI=1S/C17H11F6NO4S2/c1-29-11-5-8(4-9(6-11)16(18,19)20)14(15(25)26)30-13-3-2-10(24(27)28)7-12(13)17(21,22)23/h2-7,14H,1H3,(H,25,26). The Morgan fingerprint density at radius 1 is 1.07 bits per heavy atom. The molecule has 0 aromatic heterocycles. The first-order valence-electron chi connectivity index (χ1n) is 7.75. The van der Waals surface area contributed by atoms with Gasteiger partial charge in [-0.2, -0.15) is 26.3 Å². The number of rotatable bonds is 6. The zero-order valence-corrected chi connectivity index (χ0v) is 16.4. The van der Waals surface area contributed by atoms with Gasteiger partial charge >= 0.3 is 18.3 Å². The number of alkyl halides is 6. The fourth-order valence-corrected chi connectivity index (χ4v) is 3.97. The summed E-state index contributed by atoms with van der Waals surface area (Å²) in [5, 5.41) is 18.4. The molecular formula is C17H11F6NO4S2. The number of halogens is 6. The van der Waals surface area contributed by atoms with Gasteiger partial charge in [0.05, 0.1) is 16.1 Å². The monoisotopic (exact) mass is 471 g/mol. The Kier molecular flexibility index (Phi) is 6.97. The Bertz CT molecular complexity index is 978. The van der Waals surface area contributed by atoms with Gasteiger partial charge < -0.3 is 5.11 Å². The summed E-state index contributed by atoms with van der Waals surface area (Å²) >= 11 is 1.05. The van der Waals surface area contributed by atoms with Crippen LogP contribution in [0.1, 0.15) is 21.9 Å². The van der Waals surface area contributed by atoms with Gasteiger partial charge in [-0.25, -0.2) is 0 Å². The van der Waals surface area contributed by atoms with Gasteiger partial charge in [-0.05, 0) is 36.1 Å². The first kappa shape index (κ1) is 23.9. The summed E-state index contributed by atoms with van der Waals surface area (Å²) in [4.78, 5) is 20.8. The molecule has 1 atom stereocenters. The maximum Gasteiger partial charge on any atom is 0.417 e. The Hall–Kier alpha value is -2.41. The highest BCUT2D eigenvalue weighted by Crippen LogP contribution is 2.45. The number of nitro benzene ring substituents is 1. The minimum absolute atomic E-state index is 0.0754. The number of carbonyl (C=O) groups is 1. The fraction of sp³-hybridized carbons (Fsp3) is 0.235. The van der Waals surface area contributed by atoms with E-state index < -0.39 is 50.2 Å². The van der Waals surface area contributed by atoms with Crippen molar-refractivity contribution in [3.8, 4) is 0 Å². The van der Waals surface area contributed by atoms with Crippen molar-refractivity contribution in [2.45, 2.75) is 27.4 Å². The average molecular weight is 471 g/mol. The highest BCUT2D eigenvalue weighted by Gasteiger charge is 2.38. The molecule has 0 aliphatic carbocycles. The number of thioether (sulfide) groups is 2. The molecule has 0 heterocycles. The van der Waals surface area contributed by atoms with Crippen LogP contribution in [0.25, 0.3) is 0 Å². The summed E-state index contributed by atoms with van der Waals surface area (Å²) in [5.41, 5.74) is -3.82. The Labute approximate surface area is 173 Å². The van der Waals surface area contributed by atoms with E-state index in [1.807, 2.05) is 0 Å². The first-order chi connectivity index (χ1) is 13.7. The molecule has 0 aliphatic rings. The van der Waals surface area contributed by atoms with Crippen LogP contribution in [0.2, 0.25) is 0 Å². The Morgan fingerprint density at radius 3 is 2.17 bits per heavy atom. The molecule has 2 aromatic rings. The van der Waals surface area contributed by atoms with Gasteiger partial charge in [0.2, 0.25) is 0 Å². The van der Waals surface area contributed by atoms with Gasteiger partial charge in [-0.1, -0.05) is 0 Å². The summed E-state index contributed by atoms with van der Waals surface area (Å²) < 4.78 is 79.5. The minimum atomic E-state index is -5.05. The maximum absolute atomic E-state index is 13.3. The van der Waals surface area contributed by atoms with Crippen LogP contribution in [0.5, 0.6) is 0 Å². The van der Waals surface area contributed by atoms with E-state index in [1.54, 1.807) is 0 Å². The second-order valence-corrected chi connectivity index (χ2v) is 7.79. The average Bonchev–Trinajstić information content (AvgIpc) is 2.63. The molecule has 0 bridgehead atoms. The van der Waals surface area contributed by atoms with Crippen molar-refractivity contribution in [1.29, 1.82) is 0 Å². The van der Waals surface area contributed by atoms with E-state index in [2.05, 4.69) is 0 Å². The smallest absolute Gasteiger partial charge is 0.417 e. The van der Waals surface area contributed by atoms with Crippen molar-refractivity contribution in [1.82, 2.24) is 0 Å². The lowest BCUT2D eigenvalue weighted by Gasteiger charge is -2.18. The highest BCUT2D eigenvalue weighted by molar-refractivity contribution is 8.00. The van der Waals surface area contributed by atoms with E-state index in [9.17, 15) is 46.4 Å². The van der Waals surface area contributed by atoms with Gasteiger partial charge in [0.15, 0.2) is 0 Å². The van der Waals surface area contributed by atoms with Crippen LogP contribution in [0.15, 0.2) is 46.2 Å². The van der Waals surface area contributed by atoms with Crippen LogP contribution in [0.3, 0.4) is 0 Å². The second-order valence-electron chi connectivity index (χ2n) is 5.76. The molecule has 0 spiro atoms. The second kappa shape index (κ2) is 8.76. The molecule has 30 heavy (non-hydrogen) atoms. The van der Waals surface area contributed by atoms with Gasteiger partial charge in [0.25, 0.3) is 5.69 Å². The number of carboxylic acid groups (broad SMARTS) is 1. The third-order valence-corrected chi connectivity index (χ3v) is 5.77. The van der Waals surface area contributed by atoms with Crippen LogP contribution >= 0.6 is 23.5 Å². The summed E-state index contributed by atoms with van der Waals surface area (Å²) in [6.07, 6.45) is -8.38. The number of aliphatic carboxylic acids is 1. The number of hydrogen-bond donors (Lipinski definition) is 1. The summed E-state index contributed by atoms with van der Waals surface area (Å²) in [7, 11) is 0. The van der Waals surface area contributed by atoms with Crippen LogP contribution in [0, 0.1) is 10.1 Å². The molecule has 162 valence electrons. The van der Waals surface area contributed by atoms with E-state index in [1.165, 1.54) is 6.26 Å². The molecule has 1 unspecified atom stereocenters. The molecule has 0 saturated carbocycles. The van der Waals surface area contributed by atoms with Crippen molar-refractivity contribution in [2.24, 2.45) is 0 Å². The lowest BCUT2D eigenvalue weighted by Crippen LogP contribution is -2.13. The van der Waals surface area contributed by atoms with Crippen LogP contribution < -0.4 is 0 Å². The molecule has 0 amide bonds. The summed E-state index contributed by atoms with van der Waals surface area (Å²) in [6.45, 7) is 0. The predicted molar refractivity (Wildman–Crippen MR) is 97.6 cm³/mol. The fourth-order valence-electron chi connectivity index (χ4n) is 2.40. The normalized spacial score (nSPS) is 13.2. The quantitative estimate of drug-likeness (QED) is 0.231. The maximum atomic E-state index is 13.3. The van der Waals surface area contributed by atoms with Crippen molar-refractivity contribution in [3.05, 3.63) is 63.2 Å². The predicted octanol–water partition coefficient (Wildman–Crippen LogP) is 6.27. The van der Waals surface area contributed by atoms with Gasteiger partial charge in [-0.15, -0.1) is 23.5 Å². The molecule has 0 aliphatic heterocycles. The minimum Gasteiger partial charge on any atom is -0.480 e. The molecule has 0 radical (unpaired) electrons. The van der Waals surface area contributed by atoms with Gasteiger partial charge in [0.1, 0.15) is 5.25 Å². The topological polar surface area (TPSA) is 80.4 Å². The molecule has 2 aromatic carbocycles. The first-order valence-corrected chi connectivity index (χ1v) is 9.85. The van der Waals surface area contributed by atoms with Crippen molar-refractivity contribution >= 4 is 35.2 Å². The third-order valence-electron chi connectivity index (χ3n) is 3.74. The molecule has 13 heteroatoms. The van der Waals surface area contributed by atoms with Crippen molar-refractivity contribution in [3.63, 3.8) is 0 Å². The van der Waals surface area contributed by atoms with Crippen LogP contribution in [0.4, 0.5) is 32.0 Å². The number of carboxylic acids is 1. The molecule has 0 saturated heterocycles. The number of non-ortho nitro benzene ring substituents is 1. The molecular weight excluding hydrogens is 460 g/mol. The van der Waals surface area contributed by atoms with Gasteiger partial charge in [0, 0.05) is 21.9 Å². The zero-order valence-electron chi connectivity index (χ0n) is 14.7. The van der Waals surface area contributed by atoms with E-state index in [0.29, 0.717) is 6.07 Å². The number of nitrogens with zero attached hydrogens (tertiary/aromatic N) is 1. The highest BCUT2D eigenvalue weighted by atomic mass is 32.2. The molecule has 2 rings (SSSR count). The number of hydrogen-bond acceptors (Lipinski definition) is 5. The largest absolute Gasteiger partial charge is 0.480 e. The summed E-state index contributed by atoms with van der Waals surface area (Å²) in [5.74, 6) is -1.67. The van der Waals surface area contributed by atoms with Gasteiger partial charge in [-0.3, -0.25) is 14.9 Å². The summed E-state index contributed by atoms with van der Waals surface area (Å²) in [6, 6.07) is 4.24. The van der Waals surface area contributed by atoms with E-state index in [-0.39, 0.29) is 28.3 Å². The molecule has 5 nitrogen and oxygen atoms in total.